The van der Waals surface area contributed by atoms with E-state index in [1.165, 1.54) is 6.20 Å². The Morgan fingerprint density at radius 3 is 2.90 bits per heavy atom. The summed E-state index contributed by atoms with van der Waals surface area (Å²) in [6.45, 7) is 3.34. The van der Waals surface area contributed by atoms with Crippen molar-refractivity contribution in [3.8, 4) is 0 Å². The molecule has 0 aromatic carbocycles. The summed E-state index contributed by atoms with van der Waals surface area (Å²) in [5.74, 6) is -0.340. The fraction of sp³-hybridized carbons (Fsp3) is 0.200. The van der Waals surface area contributed by atoms with Crippen molar-refractivity contribution in [2.24, 2.45) is 5.10 Å². The van der Waals surface area contributed by atoms with E-state index >= 15 is 0 Å². The van der Waals surface area contributed by atoms with Gasteiger partial charge in [0.1, 0.15) is 6.21 Å². The van der Waals surface area contributed by atoms with Gasteiger partial charge >= 0.3 is 0 Å². The minimum Gasteiger partial charge on any atom is -0.313 e. The SMILES string of the molecule is C=CN(S)C(=O)/C=N\NC. The zero-order chi connectivity index (χ0) is 7.98. The largest absolute Gasteiger partial charge is 0.313 e. The van der Waals surface area contributed by atoms with Gasteiger partial charge in [-0.2, -0.15) is 5.10 Å². The summed E-state index contributed by atoms with van der Waals surface area (Å²) >= 11 is 3.74. The maximum atomic E-state index is 10.7. The molecular weight excluding hydrogens is 150 g/mol. The molecule has 0 rings (SSSR count). The van der Waals surface area contributed by atoms with E-state index in [1.807, 2.05) is 0 Å². The highest BCUT2D eigenvalue weighted by Crippen LogP contribution is 1.90. The Kier molecular flexibility index (Phi) is 4.39. The predicted octanol–water partition coefficient (Wildman–Crippen LogP) is 0.00850. The second kappa shape index (κ2) is 4.87. The summed E-state index contributed by atoms with van der Waals surface area (Å²) in [6, 6.07) is 0. The summed E-state index contributed by atoms with van der Waals surface area (Å²) < 4.78 is 1.03. The average Bonchev–Trinajstić information content (AvgIpc) is 1.98. The molecule has 0 fully saturated rings. The molecule has 0 unspecified atom stereocenters. The molecule has 4 nitrogen and oxygen atoms in total. The lowest BCUT2D eigenvalue weighted by Gasteiger charge is -2.03. The summed E-state index contributed by atoms with van der Waals surface area (Å²) in [5.41, 5.74) is 2.43. The van der Waals surface area contributed by atoms with Gasteiger partial charge < -0.3 is 5.43 Å². The molecule has 1 N–H and O–H groups in total. The quantitative estimate of drug-likeness (QED) is 0.346. The van der Waals surface area contributed by atoms with Crippen molar-refractivity contribution in [2.45, 2.75) is 0 Å². The smallest absolute Gasteiger partial charge is 0.280 e. The summed E-state index contributed by atoms with van der Waals surface area (Å²) in [5, 5.41) is 3.48. The van der Waals surface area contributed by atoms with Crippen molar-refractivity contribution in [3.05, 3.63) is 12.8 Å². The summed E-state index contributed by atoms with van der Waals surface area (Å²) in [7, 11) is 1.60. The van der Waals surface area contributed by atoms with Crippen LogP contribution in [0.3, 0.4) is 0 Å². The molecule has 5 heteroatoms. The van der Waals surface area contributed by atoms with Crippen LogP contribution in [0.15, 0.2) is 17.9 Å². The van der Waals surface area contributed by atoms with Crippen LogP contribution < -0.4 is 5.43 Å². The Labute approximate surface area is 65.1 Å². The number of carbonyl (C=O) groups excluding carboxylic acids is 1. The van der Waals surface area contributed by atoms with Crippen LogP contribution in [-0.4, -0.2) is 23.5 Å². The molecule has 0 aliphatic heterocycles. The molecule has 0 atom stereocenters. The number of hydrogen-bond acceptors (Lipinski definition) is 4. The zero-order valence-electron chi connectivity index (χ0n) is 5.61. The van der Waals surface area contributed by atoms with Crippen LogP contribution in [0, 0.1) is 0 Å². The number of amides is 1. The molecule has 0 bridgehead atoms. The molecule has 1 amide bonds. The van der Waals surface area contributed by atoms with Crippen LogP contribution in [-0.2, 0) is 4.79 Å². The highest BCUT2D eigenvalue weighted by atomic mass is 32.1. The lowest BCUT2D eigenvalue weighted by Crippen LogP contribution is -2.17. The Morgan fingerprint density at radius 2 is 2.50 bits per heavy atom. The maximum absolute atomic E-state index is 10.7. The van der Waals surface area contributed by atoms with Gasteiger partial charge in [-0.3, -0.25) is 9.10 Å². The first kappa shape index (κ1) is 9.03. The van der Waals surface area contributed by atoms with E-state index in [0.717, 1.165) is 10.5 Å². The lowest BCUT2D eigenvalue weighted by molar-refractivity contribution is -0.117. The molecule has 0 saturated carbocycles. The number of hydrogen-bond donors (Lipinski definition) is 2. The molecule has 0 radical (unpaired) electrons. The van der Waals surface area contributed by atoms with Crippen LogP contribution in [0.2, 0.25) is 0 Å². The number of carbonyl (C=O) groups is 1. The zero-order valence-corrected chi connectivity index (χ0v) is 6.51. The lowest BCUT2D eigenvalue weighted by atomic mass is 10.6. The molecular formula is C5H9N3OS. The number of rotatable bonds is 3. The fourth-order valence-electron chi connectivity index (χ4n) is 0.269. The second-order valence-electron chi connectivity index (χ2n) is 1.35. The molecule has 0 saturated heterocycles. The number of thiol groups is 1. The third kappa shape index (κ3) is 3.13. The van der Waals surface area contributed by atoms with Crippen molar-refractivity contribution in [3.63, 3.8) is 0 Å². The van der Waals surface area contributed by atoms with Gasteiger partial charge in [-0.1, -0.05) is 19.4 Å². The average molecular weight is 159 g/mol. The van der Waals surface area contributed by atoms with Gasteiger partial charge in [0.25, 0.3) is 5.91 Å². The second-order valence-corrected chi connectivity index (χ2v) is 1.78. The standard InChI is InChI=1S/C5H9N3OS/c1-3-8(10)5(9)4-7-6-2/h3-4,6,10H,1H2,2H3/b7-4-. The molecule has 56 valence electrons. The monoisotopic (exact) mass is 159 g/mol. The molecule has 0 aromatic rings. The molecule has 10 heavy (non-hydrogen) atoms. The van der Waals surface area contributed by atoms with E-state index in [9.17, 15) is 4.79 Å². The first-order valence-corrected chi connectivity index (χ1v) is 2.96. The van der Waals surface area contributed by atoms with E-state index in [1.54, 1.807) is 7.05 Å². The number of nitrogens with zero attached hydrogens (tertiary/aromatic N) is 2. The third-order valence-electron chi connectivity index (χ3n) is 0.703. The van der Waals surface area contributed by atoms with Crippen molar-refractivity contribution in [1.82, 2.24) is 9.73 Å². The molecule has 0 aliphatic carbocycles. The van der Waals surface area contributed by atoms with Gasteiger partial charge in [-0.05, 0) is 0 Å². The van der Waals surface area contributed by atoms with Gasteiger partial charge in [-0.25, -0.2) is 0 Å². The Balaban J connectivity index is 3.84. The van der Waals surface area contributed by atoms with Crippen LogP contribution in [0.25, 0.3) is 0 Å². The van der Waals surface area contributed by atoms with Crippen LogP contribution >= 0.6 is 12.8 Å². The van der Waals surface area contributed by atoms with Crippen molar-refractivity contribution < 1.29 is 4.79 Å². The van der Waals surface area contributed by atoms with Crippen molar-refractivity contribution in [1.29, 1.82) is 0 Å². The molecule has 0 heterocycles. The highest BCUT2D eigenvalue weighted by molar-refractivity contribution is 7.78. The van der Waals surface area contributed by atoms with Crippen molar-refractivity contribution >= 4 is 24.9 Å². The summed E-state index contributed by atoms with van der Waals surface area (Å²) in [6.07, 6.45) is 2.39. The van der Waals surface area contributed by atoms with Gasteiger partial charge in [0.2, 0.25) is 0 Å². The van der Waals surface area contributed by atoms with Crippen molar-refractivity contribution in [2.75, 3.05) is 7.05 Å². The van der Waals surface area contributed by atoms with Gasteiger partial charge in [-0.15, -0.1) is 0 Å². The van der Waals surface area contributed by atoms with E-state index in [-0.39, 0.29) is 5.91 Å². The maximum Gasteiger partial charge on any atom is 0.280 e. The van der Waals surface area contributed by atoms with E-state index < -0.39 is 0 Å². The van der Waals surface area contributed by atoms with Gasteiger partial charge in [0.15, 0.2) is 0 Å². The van der Waals surface area contributed by atoms with E-state index in [2.05, 4.69) is 29.9 Å². The molecule has 0 spiro atoms. The Hall–Kier alpha value is -0.970. The minimum absolute atomic E-state index is 0.340. The van der Waals surface area contributed by atoms with Crippen LogP contribution in [0.5, 0.6) is 0 Å². The van der Waals surface area contributed by atoms with E-state index in [4.69, 9.17) is 0 Å². The molecule has 0 aromatic heterocycles. The normalized spacial score (nSPS) is 9.40. The first-order valence-electron chi connectivity index (χ1n) is 2.56. The minimum atomic E-state index is -0.340. The number of nitrogens with one attached hydrogen (secondary N) is 1. The van der Waals surface area contributed by atoms with Crippen LogP contribution in [0.4, 0.5) is 0 Å². The Bertz CT molecular complexity index is 157. The van der Waals surface area contributed by atoms with Gasteiger partial charge in [0, 0.05) is 13.2 Å². The van der Waals surface area contributed by atoms with E-state index in [0.29, 0.717) is 0 Å². The first-order chi connectivity index (χ1) is 4.72. The van der Waals surface area contributed by atoms with Gasteiger partial charge in [0.05, 0.1) is 0 Å². The number of hydrazone groups is 1. The summed E-state index contributed by atoms with van der Waals surface area (Å²) in [4.78, 5) is 10.7. The fourth-order valence-corrected chi connectivity index (χ4v) is 0.321. The topological polar surface area (TPSA) is 44.7 Å². The van der Waals surface area contributed by atoms with Crippen LogP contribution in [0.1, 0.15) is 0 Å². The third-order valence-corrected chi connectivity index (χ3v) is 1.06. The molecule has 0 aliphatic rings. The predicted molar refractivity (Wildman–Crippen MR) is 43.6 cm³/mol. The highest BCUT2D eigenvalue weighted by Gasteiger charge is 1.99. The Morgan fingerprint density at radius 1 is 1.90 bits per heavy atom.